The molecule has 0 spiro atoms. The first kappa shape index (κ1) is 17.3. The number of nitrogens with zero attached hydrogens (tertiary/aromatic N) is 3. The lowest BCUT2D eigenvalue weighted by molar-refractivity contribution is -0.113. The van der Waals surface area contributed by atoms with Crippen LogP contribution in [0.25, 0.3) is 0 Å². The lowest BCUT2D eigenvalue weighted by Gasteiger charge is -2.26. The van der Waals surface area contributed by atoms with Gasteiger partial charge in [0.05, 0.1) is 19.0 Å². The number of nitrogens with one attached hydrogen (secondary N) is 1. The second-order valence-electron chi connectivity index (χ2n) is 5.51. The minimum atomic E-state index is -0.0335. The molecule has 1 aromatic carbocycles. The van der Waals surface area contributed by atoms with Crippen molar-refractivity contribution in [3.8, 4) is 0 Å². The Labute approximate surface area is 149 Å². The standard InChI is InChI=1S/C16H20N4O2S2/c1-12-18-19-16(24-12)23-11-15(21)17-14-4-2-13(3-5-14)10-20-6-8-22-9-7-20/h2-5H,6-11H2,1H3,(H,17,21). The average molecular weight is 364 g/mol. The number of ether oxygens (including phenoxy) is 1. The molecule has 1 N–H and O–H groups in total. The molecule has 1 fully saturated rings. The highest BCUT2D eigenvalue weighted by Crippen LogP contribution is 2.22. The molecule has 1 aliphatic rings. The third-order valence-corrected chi connectivity index (χ3v) is 5.55. The number of anilines is 1. The number of morpholine rings is 1. The number of benzene rings is 1. The Hall–Kier alpha value is -1.48. The lowest BCUT2D eigenvalue weighted by Crippen LogP contribution is -2.35. The van der Waals surface area contributed by atoms with Gasteiger partial charge in [0.2, 0.25) is 5.91 Å². The maximum Gasteiger partial charge on any atom is 0.234 e. The van der Waals surface area contributed by atoms with Crippen molar-refractivity contribution in [2.24, 2.45) is 0 Å². The van der Waals surface area contributed by atoms with Gasteiger partial charge in [-0.25, -0.2) is 0 Å². The first-order chi connectivity index (χ1) is 11.7. The summed E-state index contributed by atoms with van der Waals surface area (Å²) < 4.78 is 6.18. The number of aromatic nitrogens is 2. The van der Waals surface area contributed by atoms with E-state index in [-0.39, 0.29) is 5.91 Å². The highest BCUT2D eigenvalue weighted by Gasteiger charge is 2.11. The van der Waals surface area contributed by atoms with Crippen LogP contribution in [0.1, 0.15) is 10.6 Å². The van der Waals surface area contributed by atoms with E-state index >= 15 is 0 Å². The zero-order valence-corrected chi connectivity index (χ0v) is 15.2. The van der Waals surface area contributed by atoms with Gasteiger partial charge >= 0.3 is 0 Å². The van der Waals surface area contributed by atoms with Gasteiger partial charge in [-0.3, -0.25) is 9.69 Å². The van der Waals surface area contributed by atoms with Gasteiger partial charge in [0, 0.05) is 25.3 Å². The van der Waals surface area contributed by atoms with Crippen molar-refractivity contribution < 1.29 is 9.53 Å². The molecule has 0 atom stereocenters. The van der Waals surface area contributed by atoms with E-state index in [1.165, 1.54) is 28.7 Å². The molecule has 24 heavy (non-hydrogen) atoms. The van der Waals surface area contributed by atoms with Crippen LogP contribution < -0.4 is 5.32 Å². The molecule has 3 rings (SSSR count). The summed E-state index contributed by atoms with van der Waals surface area (Å²) in [5.41, 5.74) is 2.06. The van der Waals surface area contributed by atoms with E-state index in [4.69, 9.17) is 4.74 Å². The summed E-state index contributed by atoms with van der Waals surface area (Å²) in [5.74, 6) is 0.304. The molecule has 0 radical (unpaired) electrons. The van der Waals surface area contributed by atoms with Gasteiger partial charge in [-0.05, 0) is 24.6 Å². The summed E-state index contributed by atoms with van der Waals surface area (Å²) in [6.45, 7) is 6.38. The largest absolute Gasteiger partial charge is 0.379 e. The zero-order chi connectivity index (χ0) is 16.8. The summed E-state index contributed by atoms with van der Waals surface area (Å²) in [4.78, 5) is 14.4. The topological polar surface area (TPSA) is 67.4 Å². The second kappa shape index (κ2) is 8.57. The molecular weight excluding hydrogens is 344 g/mol. The molecule has 1 aliphatic heterocycles. The Morgan fingerprint density at radius 1 is 1.29 bits per heavy atom. The van der Waals surface area contributed by atoms with Gasteiger partial charge in [0.15, 0.2) is 4.34 Å². The molecule has 2 aromatic rings. The minimum absolute atomic E-state index is 0.0335. The number of carbonyl (C=O) groups excluding carboxylic acids is 1. The summed E-state index contributed by atoms with van der Waals surface area (Å²) >= 11 is 2.91. The van der Waals surface area contributed by atoms with Crippen LogP contribution in [0.5, 0.6) is 0 Å². The van der Waals surface area contributed by atoms with E-state index in [1.807, 2.05) is 19.1 Å². The number of amides is 1. The van der Waals surface area contributed by atoms with Gasteiger partial charge in [-0.2, -0.15) is 0 Å². The molecule has 2 heterocycles. The minimum Gasteiger partial charge on any atom is -0.379 e. The van der Waals surface area contributed by atoms with Gasteiger partial charge in [-0.15, -0.1) is 10.2 Å². The fraction of sp³-hybridized carbons (Fsp3) is 0.438. The van der Waals surface area contributed by atoms with Crippen LogP contribution in [0.15, 0.2) is 28.6 Å². The Balaban J connectivity index is 1.45. The Morgan fingerprint density at radius 2 is 2.04 bits per heavy atom. The molecule has 1 amide bonds. The van der Waals surface area contributed by atoms with Crippen molar-refractivity contribution in [3.05, 3.63) is 34.8 Å². The van der Waals surface area contributed by atoms with Gasteiger partial charge < -0.3 is 10.1 Å². The van der Waals surface area contributed by atoms with Crippen LogP contribution in [-0.4, -0.2) is 53.1 Å². The number of thioether (sulfide) groups is 1. The highest BCUT2D eigenvalue weighted by molar-refractivity contribution is 8.01. The monoisotopic (exact) mass is 364 g/mol. The third-order valence-electron chi connectivity index (χ3n) is 3.58. The SMILES string of the molecule is Cc1nnc(SCC(=O)Nc2ccc(CN3CCOCC3)cc2)s1. The van der Waals surface area contributed by atoms with Crippen molar-refractivity contribution in [1.29, 1.82) is 0 Å². The quantitative estimate of drug-likeness (QED) is 0.794. The molecule has 6 nitrogen and oxygen atoms in total. The Kier molecular flexibility index (Phi) is 6.19. The summed E-state index contributed by atoms with van der Waals surface area (Å²) in [6.07, 6.45) is 0. The molecule has 0 aliphatic carbocycles. The fourth-order valence-electron chi connectivity index (χ4n) is 2.37. The van der Waals surface area contributed by atoms with Crippen LogP contribution in [0.3, 0.4) is 0 Å². The molecule has 1 saturated heterocycles. The number of rotatable bonds is 6. The van der Waals surface area contributed by atoms with Crippen LogP contribution in [0.2, 0.25) is 0 Å². The fourth-order valence-corrected chi connectivity index (χ4v) is 3.99. The predicted molar refractivity (Wildman–Crippen MR) is 96.5 cm³/mol. The van der Waals surface area contributed by atoms with Gasteiger partial charge in [0.1, 0.15) is 5.01 Å². The first-order valence-corrected chi connectivity index (χ1v) is 9.61. The van der Waals surface area contributed by atoms with E-state index in [9.17, 15) is 4.79 Å². The van der Waals surface area contributed by atoms with Gasteiger partial charge in [0.25, 0.3) is 0 Å². The maximum absolute atomic E-state index is 12.0. The van der Waals surface area contributed by atoms with E-state index in [0.717, 1.165) is 47.9 Å². The van der Waals surface area contributed by atoms with E-state index in [0.29, 0.717) is 5.75 Å². The number of carbonyl (C=O) groups is 1. The molecule has 0 bridgehead atoms. The van der Waals surface area contributed by atoms with Crippen LogP contribution in [0, 0.1) is 6.92 Å². The predicted octanol–water partition coefficient (Wildman–Crippen LogP) is 2.41. The van der Waals surface area contributed by atoms with Crippen molar-refractivity contribution in [3.63, 3.8) is 0 Å². The number of hydrogen-bond acceptors (Lipinski definition) is 7. The molecule has 0 unspecified atom stereocenters. The van der Waals surface area contributed by atoms with Gasteiger partial charge in [-0.1, -0.05) is 35.2 Å². The smallest absolute Gasteiger partial charge is 0.234 e. The Bertz CT molecular complexity index is 669. The van der Waals surface area contributed by atoms with Crippen molar-refractivity contribution >= 4 is 34.7 Å². The average Bonchev–Trinajstić information content (AvgIpc) is 3.01. The van der Waals surface area contributed by atoms with E-state index < -0.39 is 0 Å². The van der Waals surface area contributed by atoms with Crippen LogP contribution in [-0.2, 0) is 16.1 Å². The zero-order valence-electron chi connectivity index (χ0n) is 13.5. The maximum atomic E-state index is 12.0. The highest BCUT2D eigenvalue weighted by atomic mass is 32.2. The summed E-state index contributed by atoms with van der Waals surface area (Å²) in [5, 5.41) is 11.8. The van der Waals surface area contributed by atoms with Crippen LogP contribution >= 0.6 is 23.1 Å². The summed E-state index contributed by atoms with van der Waals surface area (Å²) in [6, 6.07) is 8.03. The first-order valence-electron chi connectivity index (χ1n) is 7.81. The molecule has 1 aromatic heterocycles. The number of hydrogen-bond donors (Lipinski definition) is 1. The van der Waals surface area contributed by atoms with Crippen molar-refractivity contribution in [2.75, 3.05) is 37.4 Å². The molecule has 0 saturated carbocycles. The van der Waals surface area contributed by atoms with Crippen molar-refractivity contribution in [2.45, 2.75) is 17.8 Å². The normalized spacial score (nSPS) is 15.4. The Morgan fingerprint density at radius 3 is 2.71 bits per heavy atom. The number of aryl methyl sites for hydroxylation is 1. The van der Waals surface area contributed by atoms with E-state index in [1.54, 1.807) is 0 Å². The molecule has 128 valence electrons. The summed E-state index contributed by atoms with van der Waals surface area (Å²) in [7, 11) is 0. The van der Waals surface area contributed by atoms with Crippen molar-refractivity contribution in [1.82, 2.24) is 15.1 Å². The van der Waals surface area contributed by atoms with E-state index in [2.05, 4.69) is 32.5 Å². The van der Waals surface area contributed by atoms with Crippen LogP contribution in [0.4, 0.5) is 5.69 Å². The third kappa shape index (κ3) is 5.27. The molecule has 8 heteroatoms. The lowest BCUT2D eigenvalue weighted by atomic mass is 10.2. The molecular formula is C16H20N4O2S2. The second-order valence-corrected chi connectivity index (χ2v) is 7.91.